The lowest BCUT2D eigenvalue weighted by Crippen LogP contribution is -2.50. The van der Waals surface area contributed by atoms with Crippen LogP contribution in [0.1, 0.15) is 105 Å². The highest BCUT2D eigenvalue weighted by molar-refractivity contribution is 5.53. The quantitative estimate of drug-likeness (QED) is 0.329. The molecule has 0 spiro atoms. The molecular weight excluding hydrogens is 352 g/mol. The topological polar surface area (TPSA) is 17.1 Å². The molecule has 1 heteroatoms. The van der Waals surface area contributed by atoms with E-state index in [1.165, 1.54) is 70.6 Å². The van der Waals surface area contributed by atoms with Crippen molar-refractivity contribution in [2.75, 3.05) is 0 Å². The number of hydrogen-bond donors (Lipinski definition) is 0. The Labute approximate surface area is 180 Å². The fourth-order valence-electron chi connectivity index (χ4n) is 8.85. The summed E-state index contributed by atoms with van der Waals surface area (Å²) in [6.07, 6.45) is 19.3. The van der Waals surface area contributed by atoms with Crippen molar-refractivity contribution in [2.24, 2.45) is 52.3 Å². The molecule has 4 aliphatic carbocycles. The van der Waals surface area contributed by atoms with Crippen molar-refractivity contribution in [3.63, 3.8) is 0 Å². The lowest BCUT2D eigenvalue weighted by atomic mass is 9.46. The summed E-state index contributed by atoms with van der Waals surface area (Å²) < 4.78 is 0. The van der Waals surface area contributed by atoms with Gasteiger partial charge >= 0.3 is 0 Å². The summed E-state index contributed by atoms with van der Waals surface area (Å²) in [7, 11) is 0. The average Bonchev–Trinajstić information content (AvgIpc) is 3.08. The second-order valence-corrected chi connectivity index (χ2v) is 12.2. The molecule has 3 saturated carbocycles. The highest BCUT2D eigenvalue weighted by Crippen LogP contribution is 2.67. The molecule has 0 aromatic rings. The second-order valence-electron chi connectivity index (χ2n) is 12.2. The predicted molar refractivity (Wildman–Crippen MR) is 123 cm³/mol. The first-order valence-electron chi connectivity index (χ1n) is 13.0. The van der Waals surface area contributed by atoms with Crippen molar-refractivity contribution in [2.45, 2.75) is 105 Å². The number of carbonyl (C=O) groups is 1. The third-order valence-electron chi connectivity index (χ3n) is 11.0. The largest absolute Gasteiger partial charge is 0.303 e. The summed E-state index contributed by atoms with van der Waals surface area (Å²) in [6.45, 7) is 12.2. The highest BCUT2D eigenvalue weighted by atomic mass is 16.1. The number of fused-ring (bicyclic) bond motifs is 5. The summed E-state index contributed by atoms with van der Waals surface area (Å²) >= 11 is 0. The molecule has 0 aromatic heterocycles. The molecule has 0 bridgehead atoms. The molecule has 0 saturated heterocycles. The molecule has 0 aliphatic heterocycles. The molecule has 29 heavy (non-hydrogen) atoms. The Morgan fingerprint density at radius 3 is 2.59 bits per heavy atom. The minimum absolute atomic E-state index is 0.213. The monoisotopic (exact) mass is 398 g/mol. The van der Waals surface area contributed by atoms with Gasteiger partial charge in [0, 0.05) is 5.92 Å². The summed E-state index contributed by atoms with van der Waals surface area (Å²) in [5.41, 5.74) is 2.95. The van der Waals surface area contributed by atoms with Gasteiger partial charge in [0.1, 0.15) is 6.29 Å². The van der Waals surface area contributed by atoms with Gasteiger partial charge in [0.05, 0.1) is 0 Å². The SMILES string of the molecule is CC(C=O)[C@H](C)CC[C@@H](C)[C@H]1CC[C@H]2[C@@H]3CCC4=CCCC[C@]4(C)[C@H]3CC[C@]12C. The van der Waals surface area contributed by atoms with Crippen LogP contribution in [0.5, 0.6) is 0 Å². The van der Waals surface area contributed by atoms with Gasteiger partial charge in [-0.2, -0.15) is 0 Å². The molecule has 4 rings (SSSR count). The van der Waals surface area contributed by atoms with Gasteiger partial charge in [-0.25, -0.2) is 0 Å². The molecule has 3 fully saturated rings. The summed E-state index contributed by atoms with van der Waals surface area (Å²) in [5.74, 6) is 5.38. The Bertz CT molecular complexity index is 634. The zero-order valence-electron chi connectivity index (χ0n) is 19.9. The van der Waals surface area contributed by atoms with Crippen LogP contribution in [0.2, 0.25) is 0 Å². The predicted octanol–water partition coefficient (Wildman–Crippen LogP) is 7.84. The van der Waals surface area contributed by atoms with E-state index in [4.69, 9.17) is 0 Å². The Balaban J connectivity index is 1.46. The maximum absolute atomic E-state index is 11.1. The number of aldehydes is 1. The minimum atomic E-state index is 0.213. The zero-order chi connectivity index (χ0) is 20.8. The molecule has 0 N–H and O–H groups in total. The van der Waals surface area contributed by atoms with Crippen LogP contribution in [0.3, 0.4) is 0 Å². The molecule has 0 aromatic carbocycles. The zero-order valence-corrected chi connectivity index (χ0v) is 19.9. The lowest BCUT2D eigenvalue weighted by Gasteiger charge is -2.58. The maximum atomic E-state index is 11.1. The molecule has 164 valence electrons. The lowest BCUT2D eigenvalue weighted by molar-refractivity contribution is -0.112. The van der Waals surface area contributed by atoms with Gasteiger partial charge in [0.2, 0.25) is 0 Å². The van der Waals surface area contributed by atoms with Crippen LogP contribution in [0.25, 0.3) is 0 Å². The Kier molecular flexibility index (Phi) is 6.09. The van der Waals surface area contributed by atoms with Crippen molar-refractivity contribution in [1.29, 1.82) is 0 Å². The minimum Gasteiger partial charge on any atom is -0.303 e. The van der Waals surface area contributed by atoms with E-state index in [2.05, 4.69) is 40.7 Å². The maximum Gasteiger partial charge on any atom is 0.123 e. The summed E-state index contributed by atoms with van der Waals surface area (Å²) in [6, 6.07) is 0. The van der Waals surface area contributed by atoms with E-state index in [1.54, 1.807) is 0 Å². The van der Waals surface area contributed by atoms with Crippen molar-refractivity contribution in [1.82, 2.24) is 0 Å². The van der Waals surface area contributed by atoms with E-state index in [0.717, 1.165) is 35.9 Å². The fraction of sp³-hybridized carbons (Fsp3) is 0.893. The summed E-state index contributed by atoms with van der Waals surface area (Å²) in [4.78, 5) is 11.1. The van der Waals surface area contributed by atoms with Gasteiger partial charge in [-0.3, -0.25) is 0 Å². The summed E-state index contributed by atoms with van der Waals surface area (Å²) in [5, 5.41) is 0. The van der Waals surface area contributed by atoms with Crippen LogP contribution >= 0.6 is 0 Å². The van der Waals surface area contributed by atoms with Gasteiger partial charge in [0.15, 0.2) is 0 Å². The average molecular weight is 399 g/mol. The van der Waals surface area contributed by atoms with Crippen molar-refractivity contribution >= 4 is 6.29 Å². The molecule has 4 aliphatic rings. The van der Waals surface area contributed by atoms with Gasteiger partial charge in [-0.1, -0.05) is 52.7 Å². The first kappa shape index (κ1) is 21.6. The first-order chi connectivity index (χ1) is 13.8. The van der Waals surface area contributed by atoms with Crippen molar-refractivity contribution in [3.8, 4) is 0 Å². The van der Waals surface area contributed by atoms with E-state index in [0.29, 0.717) is 16.7 Å². The normalized spacial score (nSPS) is 44.7. The van der Waals surface area contributed by atoms with Crippen molar-refractivity contribution < 1.29 is 4.79 Å². The van der Waals surface area contributed by atoms with Crippen LogP contribution in [0.15, 0.2) is 11.6 Å². The third kappa shape index (κ3) is 3.57. The Hall–Kier alpha value is -0.590. The molecular formula is C28H46O. The van der Waals surface area contributed by atoms with E-state index >= 15 is 0 Å². The number of carbonyl (C=O) groups excluding carboxylic acids is 1. The molecule has 9 atom stereocenters. The van der Waals surface area contributed by atoms with Crippen LogP contribution in [-0.2, 0) is 4.79 Å². The molecule has 0 amide bonds. The third-order valence-corrected chi connectivity index (χ3v) is 11.0. The first-order valence-corrected chi connectivity index (χ1v) is 13.0. The number of rotatable bonds is 6. The van der Waals surface area contributed by atoms with E-state index in [9.17, 15) is 4.79 Å². The van der Waals surface area contributed by atoms with Crippen LogP contribution in [-0.4, -0.2) is 6.29 Å². The van der Waals surface area contributed by atoms with Gasteiger partial charge < -0.3 is 4.79 Å². The van der Waals surface area contributed by atoms with E-state index < -0.39 is 0 Å². The number of allylic oxidation sites excluding steroid dienone is 2. The van der Waals surface area contributed by atoms with Gasteiger partial charge in [-0.05, 0) is 111 Å². The molecule has 0 heterocycles. The smallest absolute Gasteiger partial charge is 0.123 e. The standard InChI is InChI=1S/C28H46O/c1-19(21(3)18-29)9-10-20(2)24-13-14-25-23-12-11-22-8-6-7-16-27(22,4)26(23)15-17-28(24,25)5/h8,18-21,23-26H,6-7,9-17H2,1-5H3/t19-,20-,21?,23+,24-,25+,26+,27+,28-/m1/s1. The van der Waals surface area contributed by atoms with E-state index in [-0.39, 0.29) is 5.92 Å². The van der Waals surface area contributed by atoms with Crippen molar-refractivity contribution in [3.05, 3.63) is 11.6 Å². The number of hydrogen-bond acceptors (Lipinski definition) is 1. The fourth-order valence-corrected chi connectivity index (χ4v) is 8.85. The van der Waals surface area contributed by atoms with Crippen LogP contribution in [0.4, 0.5) is 0 Å². The van der Waals surface area contributed by atoms with Gasteiger partial charge in [0.25, 0.3) is 0 Å². The molecule has 1 nitrogen and oxygen atoms in total. The highest BCUT2D eigenvalue weighted by Gasteiger charge is 2.59. The van der Waals surface area contributed by atoms with Gasteiger partial charge in [-0.15, -0.1) is 0 Å². The second kappa shape index (κ2) is 8.16. The van der Waals surface area contributed by atoms with E-state index in [1.807, 2.05) is 5.57 Å². The van der Waals surface area contributed by atoms with Crippen LogP contribution in [0, 0.1) is 52.3 Å². The van der Waals surface area contributed by atoms with Crippen LogP contribution < -0.4 is 0 Å². The molecule has 0 radical (unpaired) electrons. The molecule has 1 unspecified atom stereocenters. The Morgan fingerprint density at radius 2 is 1.83 bits per heavy atom. The Morgan fingerprint density at radius 1 is 1.03 bits per heavy atom.